The molecule has 2 aromatic rings. The van der Waals surface area contributed by atoms with E-state index in [0.717, 1.165) is 37.1 Å². The maximum Gasteiger partial charge on any atom is 0.254 e. The van der Waals surface area contributed by atoms with Crippen LogP contribution in [0.15, 0.2) is 48.8 Å². The van der Waals surface area contributed by atoms with E-state index in [-0.39, 0.29) is 18.6 Å². The van der Waals surface area contributed by atoms with Gasteiger partial charge in [0.1, 0.15) is 0 Å². The molecular formula is C18H22N2O2. The van der Waals surface area contributed by atoms with Crippen molar-refractivity contribution in [3.05, 3.63) is 54.4 Å². The Morgan fingerprint density at radius 3 is 2.55 bits per heavy atom. The third kappa shape index (κ3) is 3.07. The summed E-state index contributed by atoms with van der Waals surface area (Å²) in [6.45, 7) is 0.934. The lowest BCUT2D eigenvalue weighted by Crippen LogP contribution is -2.44. The highest BCUT2D eigenvalue weighted by Gasteiger charge is 2.26. The van der Waals surface area contributed by atoms with Crippen molar-refractivity contribution in [1.29, 1.82) is 0 Å². The lowest BCUT2D eigenvalue weighted by Gasteiger charge is -2.35. The van der Waals surface area contributed by atoms with Gasteiger partial charge in [0, 0.05) is 42.8 Å². The third-order valence-corrected chi connectivity index (χ3v) is 4.37. The number of amides is 1. The number of aliphatic hydroxyl groups is 1. The molecule has 1 fully saturated rings. The summed E-state index contributed by atoms with van der Waals surface area (Å²) >= 11 is 0. The summed E-state index contributed by atoms with van der Waals surface area (Å²) in [5, 5.41) is 9.19. The molecule has 1 amide bonds. The third-order valence-electron chi connectivity index (χ3n) is 4.37. The summed E-state index contributed by atoms with van der Waals surface area (Å²) < 4.78 is 2.02. The number of rotatable bonds is 4. The molecule has 0 radical (unpaired) electrons. The Bertz CT molecular complexity index is 603. The summed E-state index contributed by atoms with van der Waals surface area (Å²) in [7, 11) is 0. The van der Waals surface area contributed by atoms with Crippen molar-refractivity contribution < 1.29 is 9.90 Å². The highest BCUT2D eigenvalue weighted by atomic mass is 16.3. The van der Waals surface area contributed by atoms with Gasteiger partial charge in [-0.05, 0) is 62.1 Å². The van der Waals surface area contributed by atoms with Gasteiger partial charge in [0.25, 0.3) is 5.91 Å². The normalized spacial score (nSPS) is 18.4. The lowest BCUT2D eigenvalue weighted by molar-refractivity contribution is 0.0574. The molecule has 4 nitrogen and oxygen atoms in total. The molecule has 116 valence electrons. The quantitative estimate of drug-likeness (QED) is 0.943. The summed E-state index contributed by atoms with van der Waals surface area (Å²) in [5.41, 5.74) is 1.77. The number of benzene rings is 1. The average molecular weight is 298 g/mol. The van der Waals surface area contributed by atoms with Crippen molar-refractivity contribution in [2.24, 2.45) is 0 Å². The van der Waals surface area contributed by atoms with Crippen molar-refractivity contribution >= 4 is 5.91 Å². The molecule has 0 spiro atoms. The number of nitrogens with zero attached hydrogens (tertiary/aromatic N) is 2. The molecule has 1 aromatic heterocycles. The minimum atomic E-state index is 0.0807. The molecule has 1 aromatic carbocycles. The van der Waals surface area contributed by atoms with Crippen LogP contribution in [0, 0.1) is 0 Å². The van der Waals surface area contributed by atoms with E-state index >= 15 is 0 Å². The van der Waals surface area contributed by atoms with E-state index in [1.807, 2.05) is 58.3 Å². The smallest absolute Gasteiger partial charge is 0.254 e. The Labute approximate surface area is 131 Å². The van der Waals surface area contributed by atoms with Crippen LogP contribution in [0.25, 0.3) is 5.69 Å². The number of likely N-dealkylation sites (tertiary alicyclic amines) is 1. The zero-order chi connectivity index (χ0) is 15.4. The predicted molar refractivity (Wildman–Crippen MR) is 86.1 cm³/mol. The van der Waals surface area contributed by atoms with Gasteiger partial charge in [-0.15, -0.1) is 0 Å². The highest BCUT2D eigenvalue weighted by molar-refractivity contribution is 5.94. The monoisotopic (exact) mass is 298 g/mol. The second-order valence-electron chi connectivity index (χ2n) is 5.80. The zero-order valence-electron chi connectivity index (χ0n) is 12.7. The second-order valence-corrected chi connectivity index (χ2v) is 5.80. The van der Waals surface area contributed by atoms with Crippen LogP contribution in [-0.4, -0.2) is 39.7 Å². The van der Waals surface area contributed by atoms with Crippen molar-refractivity contribution in [2.75, 3.05) is 13.2 Å². The van der Waals surface area contributed by atoms with E-state index in [0.29, 0.717) is 6.42 Å². The Morgan fingerprint density at radius 2 is 1.86 bits per heavy atom. The van der Waals surface area contributed by atoms with Crippen LogP contribution in [0.5, 0.6) is 0 Å². The number of aliphatic hydroxyl groups excluding tert-OH is 1. The molecule has 1 saturated heterocycles. The fraction of sp³-hybridized carbons (Fsp3) is 0.389. The van der Waals surface area contributed by atoms with E-state index in [2.05, 4.69) is 0 Å². The number of piperidine rings is 1. The van der Waals surface area contributed by atoms with Gasteiger partial charge >= 0.3 is 0 Å². The highest BCUT2D eigenvalue weighted by Crippen LogP contribution is 2.22. The standard InChI is InChI=1S/C18H22N2O2/c21-14-10-17-5-1-2-13-20(17)18(22)15-6-8-16(9-7-15)19-11-3-4-12-19/h3-4,6-9,11-12,17,21H,1-2,5,10,13-14H2. The van der Waals surface area contributed by atoms with Gasteiger partial charge in [-0.25, -0.2) is 0 Å². The van der Waals surface area contributed by atoms with Gasteiger partial charge in [0.15, 0.2) is 0 Å². The van der Waals surface area contributed by atoms with Crippen molar-refractivity contribution in [3.8, 4) is 5.69 Å². The molecule has 1 atom stereocenters. The lowest BCUT2D eigenvalue weighted by atomic mass is 9.98. The van der Waals surface area contributed by atoms with Gasteiger partial charge in [-0.3, -0.25) is 4.79 Å². The minimum absolute atomic E-state index is 0.0807. The number of aromatic nitrogens is 1. The van der Waals surface area contributed by atoms with Gasteiger partial charge < -0.3 is 14.6 Å². The van der Waals surface area contributed by atoms with Crippen LogP contribution in [0.4, 0.5) is 0 Å². The molecule has 4 heteroatoms. The van der Waals surface area contributed by atoms with E-state index in [9.17, 15) is 9.90 Å². The van der Waals surface area contributed by atoms with E-state index in [4.69, 9.17) is 0 Å². The fourth-order valence-corrected chi connectivity index (χ4v) is 3.17. The Hall–Kier alpha value is -2.07. The largest absolute Gasteiger partial charge is 0.396 e. The van der Waals surface area contributed by atoms with E-state index in [1.54, 1.807) is 0 Å². The van der Waals surface area contributed by atoms with Crippen LogP contribution in [0.2, 0.25) is 0 Å². The number of carbonyl (C=O) groups excluding carboxylic acids is 1. The van der Waals surface area contributed by atoms with E-state index in [1.165, 1.54) is 0 Å². The van der Waals surface area contributed by atoms with Gasteiger partial charge in [-0.1, -0.05) is 0 Å². The number of hydrogen-bond donors (Lipinski definition) is 1. The molecule has 1 unspecified atom stereocenters. The van der Waals surface area contributed by atoms with Crippen molar-refractivity contribution in [3.63, 3.8) is 0 Å². The molecule has 1 aliphatic heterocycles. The summed E-state index contributed by atoms with van der Waals surface area (Å²) in [5.74, 6) is 0.0807. The number of carbonyl (C=O) groups is 1. The maximum atomic E-state index is 12.7. The summed E-state index contributed by atoms with van der Waals surface area (Å²) in [6, 6.07) is 11.9. The van der Waals surface area contributed by atoms with Gasteiger partial charge in [-0.2, -0.15) is 0 Å². The zero-order valence-corrected chi connectivity index (χ0v) is 12.7. The van der Waals surface area contributed by atoms with Crippen LogP contribution in [-0.2, 0) is 0 Å². The van der Waals surface area contributed by atoms with Crippen LogP contribution in [0.1, 0.15) is 36.0 Å². The first-order valence-corrected chi connectivity index (χ1v) is 7.95. The molecule has 1 N–H and O–H groups in total. The molecule has 1 aliphatic rings. The minimum Gasteiger partial charge on any atom is -0.396 e. The Balaban J connectivity index is 1.76. The molecule has 0 aliphatic carbocycles. The SMILES string of the molecule is O=C(c1ccc(-n2cccc2)cc1)N1CCCCC1CCO. The van der Waals surface area contributed by atoms with Crippen LogP contribution >= 0.6 is 0 Å². The molecule has 22 heavy (non-hydrogen) atoms. The number of hydrogen-bond acceptors (Lipinski definition) is 2. The summed E-state index contributed by atoms with van der Waals surface area (Å²) in [6.07, 6.45) is 7.83. The van der Waals surface area contributed by atoms with Crippen molar-refractivity contribution in [1.82, 2.24) is 9.47 Å². The molecule has 0 bridgehead atoms. The molecular weight excluding hydrogens is 276 g/mol. The van der Waals surface area contributed by atoms with Crippen LogP contribution in [0.3, 0.4) is 0 Å². The topological polar surface area (TPSA) is 45.5 Å². The maximum absolute atomic E-state index is 12.7. The second kappa shape index (κ2) is 6.79. The van der Waals surface area contributed by atoms with Gasteiger partial charge in [0.05, 0.1) is 0 Å². The summed E-state index contributed by atoms with van der Waals surface area (Å²) in [4.78, 5) is 14.7. The predicted octanol–water partition coefficient (Wildman–Crippen LogP) is 2.85. The van der Waals surface area contributed by atoms with Crippen LogP contribution < -0.4 is 0 Å². The molecule has 0 saturated carbocycles. The molecule has 3 rings (SSSR count). The van der Waals surface area contributed by atoms with Gasteiger partial charge in [0.2, 0.25) is 0 Å². The Kier molecular flexibility index (Phi) is 4.59. The average Bonchev–Trinajstić information content (AvgIpc) is 3.10. The van der Waals surface area contributed by atoms with Crippen molar-refractivity contribution in [2.45, 2.75) is 31.7 Å². The first-order chi connectivity index (χ1) is 10.8. The molecule has 2 heterocycles. The first-order valence-electron chi connectivity index (χ1n) is 7.95. The first kappa shape index (κ1) is 14.9. The fourth-order valence-electron chi connectivity index (χ4n) is 3.17. The Morgan fingerprint density at radius 1 is 1.14 bits per heavy atom. The van der Waals surface area contributed by atoms with E-state index < -0.39 is 0 Å².